The molecule has 2 atom stereocenters. The second kappa shape index (κ2) is 4.33. The Labute approximate surface area is 109 Å². The van der Waals surface area contributed by atoms with Gasteiger partial charge in [0.15, 0.2) is 5.13 Å². The van der Waals surface area contributed by atoms with Crippen molar-refractivity contribution < 1.29 is 4.39 Å². The molecule has 1 aromatic heterocycles. The van der Waals surface area contributed by atoms with E-state index in [2.05, 4.69) is 4.98 Å². The highest BCUT2D eigenvalue weighted by atomic mass is 32.1. The van der Waals surface area contributed by atoms with Crippen molar-refractivity contribution in [1.82, 2.24) is 4.98 Å². The molecule has 0 bridgehead atoms. The van der Waals surface area contributed by atoms with Gasteiger partial charge in [0.2, 0.25) is 0 Å². The Hall–Kier alpha value is -1.46. The first-order valence-electron chi connectivity index (χ1n) is 5.90. The van der Waals surface area contributed by atoms with Gasteiger partial charge >= 0.3 is 0 Å². The summed E-state index contributed by atoms with van der Waals surface area (Å²) in [5.41, 5.74) is 13.4. The molecular weight excluding hydrogens is 249 g/mol. The maximum Gasteiger partial charge on any atom is 0.180 e. The molecule has 1 aliphatic rings. The zero-order valence-electron chi connectivity index (χ0n) is 9.77. The molecule has 94 valence electrons. The predicted molar refractivity (Wildman–Crippen MR) is 71.1 cm³/mol. The minimum atomic E-state index is -0.200. The summed E-state index contributed by atoms with van der Waals surface area (Å²) in [6, 6.07) is 6.86. The summed E-state index contributed by atoms with van der Waals surface area (Å²) in [4.78, 5) is 5.46. The van der Waals surface area contributed by atoms with E-state index in [1.807, 2.05) is 6.07 Å². The Kier molecular flexibility index (Phi) is 2.80. The van der Waals surface area contributed by atoms with Gasteiger partial charge in [-0.25, -0.2) is 9.37 Å². The number of benzene rings is 1. The molecule has 0 saturated heterocycles. The van der Waals surface area contributed by atoms with E-state index in [9.17, 15) is 4.39 Å². The fraction of sp³-hybridized carbons (Fsp3) is 0.308. The number of hydrogen-bond donors (Lipinski definition) is 2. The number of hydrogen-bond acceptors (Lipinski definition) is 4. The van der Waals surface area contributed by atoms with Crippen LogP contribution in [0.2, 0.25) is 0 Å². The third kappa shape index (κ3) is 1.89. The summed E-state index contributed by atoms with van der Waals surface area (Å²) < 4.78 is 13.9. The van der Waals surface area contributed by atoms with Crippen LogP contribution in [0.3, 0.4) is 0 Å². The van der Waals surface area contributed by atoms with E-state index in [1.165, 1.54) is 17.4 Å². The van der Waals surface area contributed by atoms with Gasteiger partial charge in [0, 0.05) is 16.8 Å². The first-order valence-corrected chi connectivity index (χ1v) is 6.72. The van der Waals surface area contributed by atoms with Crippen LogP contribution >= 0.6 is 11.3 Å². The van der Waals surface area contributed by atoms with Crippen LogP contribution in [0, 0.1) is 5.82 Å². The quantitative estimate of drug-likeness (QED) is 0.829. The molecule has 18 heavy (non-hydrogen) atoms. The molecule has 1 heterocycles. The van der Waals surface area contributed by atoms with Crippen LogP contribution in [0.5, 0.6) is 0 Å². The van der Waals surface area contributed by atoms with E-state index >= 15 is 0 Å². The van der Waals surface area contributed by atoms with Crippen LogP contribution in [0.1, 0.15) is 28.5 Å². The number of nitrogen functional groups attached to an aromatic ring is 1. The summed E-state index contributed by atoms with van der Waals surface area (Å²) in [6.45, 7) is 0. The van der Waals surface area contributed by atoms with E-state index in [0.717, 1.165) is 23.4 Å². The van der Waals surface area contributed by atoms with Crippen molar-refractivity contribution in [2.45, 2.75) is 24.8 Å². The van der Waals surface area contributed by atoms with Crippen molar-refractivity contribution >= 4 is 16.5 Å². The molecule has 2 unspecified atom stereocenters. The first kappa shape index (κ1) is 11.6. The Bertz CT molecular complexity index is 581. The fourth-order valence-electron chi connectivity index (χ4n) is 2.57. The summed E-state index contributed by atoms with van der Waals surface area (Å²) in [5, 5.41) is 0.537. The molecule has 4 N–H and O–H groups in total. The van der Waals surface area contributed by atoms with Crippen LogP contribution in [0.15, 0.2) is 24.3 Å². The molecule has 0 spiro atoms. The van der Waals surface area contributed by atoms with E-state index in [-0.39, 0.29) is 17.8 Å². The highest BCUT2D eigenvalue weighted by Gasteiger charge is 2.31. The number of anilines is 1. The van der Waals surface area contributed by atoms with Crippen molar-refractivity contribution in [2.24, 2.45) is 5.73 Å². The molecule has 0 amide bonds. The number of fused-ring (bicyclic) bond motifs is 1. The van der Waals surface area contributed by atoms with Gasteiger partial charge in [-0.05, 0) is 24.5 Å². The zero-order chi connectivity index (χ0) is 12.7. The number of thiazole rings is 1. The lowest BCUT2D eigenvalue weighted by Crippen LogP contribution is -2.30. The topological polar surface area (TPSA) is 64.9 Å². The minimum absolute atomic E-state index is 0.0435. The second-order valence-electron chi connectivity index (χ2n) is 4.63. The maximum absolute atomic E-state index is 13.9. The molecular formula is C13H14FN3S. The molecule has 1 aliphatic carbocycles. The number of halogens is 1. The Balaban J connectivity index is 2.10. The van der Waals surface area contributed by atoms with Crippen LogP contribution in [-0.2, 0) is 6.42 Å². The Morgan fingerprint density at radius 1 is 1.33 bits per heavy atom. The summed E-state index contributed by atoms with van der Waals surface area (Å²) in [7, 11) is 0. The van der Waals surface area contributed by atoms with Gasteiger partial charge in [-0.3, -0.25) is 0 Å². The number of nitrogens with zero attached hydrogens (tertiary/aromatic N) is 1. The van der Waals surface area contributed by atoms with E-state index < -0.39 is 0 Å². The molecule has 0 aliphatic heterocycles. The summed E-state index contributed by atoms with van der Waals surface area (Å²) >= 11 is 1.46. The normalized spacial score (nSPS) is 22.8. The average molecular weight is 263 g/mol. The van der Waals surface area contributed by atoms with Crippen molar-refractivity contribution in [3.05, 3.63) is 46.2 Å². The molecule has 0 radical (unpaired) electrons. The predicted octanol–water partition coefficient (Wildman–Crippen LogP) is 2.27. The van der Waals surface area contributed by atoms with Crippen LogP contribution in [0.25, 0.3) is 0 Å². The van der Waals surface area contributed by atoms with Crippen molar-refractivity contribution in [2.75, 3.05) is 5.73 Å². The smallest absolute Gasteiger partial charge is 0.180 e. The molecule has 0 fully saturated rings. The molecule has 0 saturated carbocycles. The molecule has 3 nitrogen and oxygen atoms in total. The monoisotopic (exact) mass is 263 g/mol. The maximum atomic E-state index is 13.9. The molecule has 1 aromatic carbocycles. The highest BCUT2D eigenvalue weighted by Crippen LogP contribution is 2.39. The SMILES string of the molecule is Nc1nc2c(s1)CC(N)CC2c1ccccc1F. The zero-order valence-corrected chi connectivity index (χ0v) is 10.6. The Morgan fingerprint density at radius 3 is 2.89 bits per heavy atom. The van der Waals surface area contributed by atoms with Gasteiger partial charge in [-0.2, -0.15) is 0 Å². The van der Waals surface area contributed by atoms with Crippen molar-refractivity contribution in [3.63, 3.8) is 0 Å². The fourth-order valence-corrected chi connectivity index (χ4v) is 3.56. The second-order valence-corrected chi connectivity index (χ2v) is 5.75. The third-order valence-corrected chi connectivity index (χ3v) is 4.26. The first-order chi connectivity index (χ1) is 8.65. The van der Waals surface area contributed by atoms with E-state index in [0.29, 0.717) is 10.7 Å². The van der Waals surface area contributed by atoms with Crippen molar-refractivity contribution in [1.29, 1.82) is 0 Å². The van der Waals surface area contributed by atoms with E-state index in [4.69, 9.17) is 11.5 Å². The average Bonchev–Trinajstić information content (AvgIpc) is 2.69. The lowest BCUT2D eigenvalue weighted by molar-refractivity contribution is 0.507. The highest BCUT2D eigenvalue weighted by molar-refractivity contribution is 7.15. The number of nitrogens with two attached hydrogens (primary N) is 2. The van der Waals surface area contributed by atoms with Crippen LogP contribution in [-0.4, -0.2) is 11.0 Å². The number of rotatable bonds is 1. The van der Waals surface area contributed by atoms with Gasteiger partial charge in [0.25, 0.3) is 0 Å². The Morgan fingerprint density at radius 2 is 2.11 bits per heavy atom. The molecule has 3 rings (SSSR count). The standard InChI is InChI=1S/C13H14FN3S/c14-10-4-2-1-3-8(10)9-5-7(15)6-11-12(9)17-13(16)18-11/h1-4,7,9H,5-6,15H2,(H2,16,17). The van der Waals surface area contributed by atoms with Gasteiger partial charge < -0.3 is 11.5 Å². The number of aromatic nitrogens is 1. The summed E-state index contributed by atoms with van der Waals surface area (Å²) in [6.07, 6.45) is 1.51. The molecule has 2 aromatic rings. The van der Waals surface area contributed by atoms with Gasteiger partial charge in [0.1, 0.15) is 5.82 Å². The largest absolute Gasteiger partial charge is 0.375 e. The summed E-state index contributed by atoms with van der Waals surface area (Å²) in [5.74, 6) is -0.271. The van der Waals surface area contributed by atoms with Gasteiger partial charge in [-0.15, -0.1) is 11.3 Å². The lowest BCUT2D eigenvalue weighted by Gasteiger charge is -2.26. The van der Waals surface area contributed by atoms with Crippen LogP contribution < -0.4 is 11.5 Å². The van der Waals surface area contributed by atoms with Gasteiger partial charge in [-0.1, -0.05) is 18.2 Å². The van der Waals surface area contributed by atoms with E-state index in [1.54, 1.807) is 12.1 Å². The van der Waals surface area contributed by atoms with Gasteiger partial charge in [0.05, 0.1) is 5.69 Å². The lowest BCUT2D eigenvalue weighted by atomic mass is 9.83. The third-order valence-electron chi connectivity index (χ3n) is 3.34. The minimum Gasteiger partial charge on any atom is -0.375 e. The molecule has 5 heteroatoms. The van der Waals surface area contributed by atoms with Crippen molar-refractivity contribution in [3.8, 4) is 0 Å². The van der Waals surface area contributed by atoms with Crippen LogP contribution in [0.4, 0.5) is 9.52 Å².